The zero-order valence-corrected chi connectivity index (χ0v) is 15.5. The van der Waals surface area contributed by atoms with Gasteiger partial charge in [0.2, 0.25) is 0 Å². The Morgan fingerprint density at radius 1 is 1.30 bits per heavy atom. The highest BCUT2D eigenvalue weighted by Gasteiger charge is 2.38. The molecule has 1 aliphatic heterocycles. The van der Waals surface area contributed by atoms with Gasteiger partial charge in [-0.3, -0.25) is 9.69 Å². The lowest BCUT2D eigenvalue weighted by Gasteiger charge is -2.33. The van der Waals surface area contributed by atoms with Gasteiger partial charge in [0.25, 0.3) is 0 Å². The summed E-state index contributed by atoms with van der Waals surface area (Å²) in [6.07, 6.45) is -3.93. The van der Waals surface area contributed by atoms with Gasteiger partial charge in [-0.1, -0.05) is 24.6 Å². The summed E-state index contributed by atoms with van der Waals surface area (Å²) in [4.78, 5) is 22.2. The molecule has 0 unspecified atom stereocenters. The summed E-state index contributed by atoms with van der Waals surface area (Å²) in [6.45, 7) is 5.90. The van der Waals surface area contributed by atoms with Crippen LogP contribution in [0.3, 0.4) is 0 Å². The molecule has 0 aromatic heterocycles. The highest BCUT2D eigenvalue weighted by Crippen LogP contribution is 2.19. The Hall–Kier alpha value is -1.84. The molecule has 1 aromatic carbocycles. The van der Waals surface area contributed by atoms with Crippen LogP contribution >= 0.6 is 11.6 Å². The molecule has 0 radical (unpaired) electrons. The number of hydrogen-bond acceptors (Lipinski definition) is 4. The third-order valence-electron chi connectivity index (χ3n) is 3.98. The van der Waals surface area contributed by atoms with Crippen LogP contribution in [-0.4, -0.2) is 58.9 Å². The van der Waals surface area contributed by atoms with Crippen LogP contribution in [0.15, 0.2) is 18.2 Å². The van der Waals surface area contributed by atoms with Crippen LogP contribution in [0.2, 0.25) is 5.02 Å². The summed E-state index contributed by atoms with van der Waals surface area (Å²) in [5.41, 5.74) is 1.88. The van der Waals surface area contributed by atoms with E-state index in [0.29, 0.717) is 11.1 Å². The van der Waals surface area contributed by atoms with Gasteiger partial charge >= 0.3 is 18.1 Å². The van der Waals surface area contributed by atoms with Crippen molar-refractivity contribution in [2.24, 2.45) is 0 Å². The summed E-state index contributed by atoms with van der Waals surface area (Å²) in [7, 11) is 0. The fourth-order valence-corrected chi connectivity index (χ4v) is 2.82. The number of hydrogen-bond donors (Lipinski definition) is 3. The van der Waals surface area contributed by atoms with E-state index < -0.39 is 18.1 Å². The van der Waals surface area contributed by atoms with Crippen LogP contribution < -0.4 is 5.32 Å². The molecule has 0 amide bonds. The average molecular weight is 411 g/mol. The molecule has 2 rings (SSSR count). The second-order valence-corrected chi connectivity index (χ2v) is 6.52. The number of alkyl halides is 3. The normalized spacial score (nSPS) is 17.7. The van der Waals surface area contributed by atoms with Gasteiger partial charge in [0.15, 0.2) is 0 Å². The number of aliphatic carboxylic acids is 2. The monoisotopic (exact) mass is 410 g/mol. The minimum Gasteiger partial charge on any atom is -0.481 e. The number of carbonyl (C=O) groups is 2. The quantitative estimate of drug-likeness (QED) is 0.691. The lowest BCUT2D eigenvalue weighted by molar-refractivity contribution is -0.192. The fourth-order valence-electron chi connectivity index (χ4n) is 2.63. The second-order valence-electron chi connectivity index (χ2n) is 6.08. The van der Waals surface area contributed by atoms with Crippen molar-refractivity contribution in [1.29, 1.82) is 0 Å². The molecule has 1 heterocycles. The first-order valence-electron chi connectivity index (χ1n) is 8.27. The molecule has 27 heavy (non-hydrogen) atoms. The SMILES string of the molecule is CC[C@H]1CN(Cc2cc(Cl)ccc2CC(=O)O)CCN1.O=C(O)C(F)(F)F. The number of benzene rings is 1. The van der Waals surface area contributed by atoms with Gasteiger partial charge < -0.3 is 15.5 Å². The van der Waals surface area contributed by atoms with E-state index >= 15 is 0 Å². The smallest absolute Gasteiger partial charge is 0.481 e. The summed E-state index contributed by atoms with van der Waals surface area (Å²) in [5.74, 6) is -3.56. The van der Waals surface area contributed by atoms with Crippen molar-refractivity contribution in [1.82, 2.24) is 10.2 Å². The van der Waals surface area contributed by atoms with E-state index in [4.69, 9.17) is 26.6 Å². The van der Waals surface area contributed by atoms with Crippen molar-refractivity contribution in [3.05, 3.63) is 34.3 Å². The zero-order chi connectivity index (χ0) is 20.6. The minimum absolute atomic E-state index is 0.0514. The van der Waals surface area contributed by atoms with E-state index in [1.165, 1.54) is 0 Å². The molecule has 0 saturated carbocycles. The Balaban J connectivity index is 0.000000445. The number of rotatable bonds is 5. The molecule has 0 bridgehead atoms. The number of piperazine rings is 1. The molecular weight excluding hydrogens is 389 g/mol. The summed E-state index contributed by atoms with van der Waals surface area (Å²) < 4.78 is 31.7. The predicted octanol–water partition coefficient (Wildman–Crippen LogP) is 2.78. The number of carboxylic acids is 2. The molecule has 6 nitrogen and oxygen atoms in total. The third kappa shape index (κ3) is 8.59. The molecule has 0 aliphatic carbocycles. The summed E-state index contributed by atoms with van der Waals surface area (Å²) in [6, 6.07) is 6.00. The molecule has 1 aromatic rings. The predicted molar refractivity (Wildman–Crippen MR) is 93.8 cm³/mol. The fraction of sp³-hybridized carbons (Fsp3) is 0.529. The van der Waals surface area contributed by atoms with Gasteiger partial charge in [0.05, 0.1) is 6.42 Å². The molecule has 0 spiro atoms. The Morgan fingerprint density at radius 2 is 1.93 bits per heavy atom. The molecule has 152 valence electrons. The van der Waals surface area contributed by atoms with E-state index in [1.54, 1.807) is 6.07 Å². The molecular formula is C17H22ClF3N2O4. The molecule has 3 N–H and O–H groups in total. The van der Waals surface area contributed by atoms with Crippen LogP contribution in [0.5, 0.6) is 0 Å². The maximum absolute atomic E-state index is 10.9. The number of nitrogens with one attached hydrogen (secondary N) is 1. The van der Waals surface area contributed by atoms with Crippen molar-refractivity contribution >= 4 is 23.5 Å². The Labute approximate surface area is 159 Å². The molecule has 10 heteroatoms. The highest BCUT2D eigenvalue weighted by molar-refractivity contribution is 6.30. The van der Waals surface area contributed by atoms with E-state index in [9.17, 15) is 18.0 Å². The van der Waals surface area contributed by atoms with Crippen molar-refractivity contribution in [3.63, 3.8) is 0 Å². The van der Waals surface area contributed by atoms with Crippen molar-refractivity contribution in [2.45, 2.75) is 38.5 Å². The first kappa shape index (κ1) is 23.2. The van der Waals surface area contributed by atoms with Crippen molar-refractivity contribution in [3.8, 4) is 0 Å². The lowest BCUT2D eigenvalue weighted by atomic mass is 10.0. The van der Waals surface area contributed by atoms with Gasteiger partial charge in [0, 0.05) is 37.2 Å². The Kier molecular flexibility index (Phi) is 9.01. The second kappa shape index (κ2) is 10.5. The summed E-state index contributed by atoms with van der Waals surface area (Å²) >= 11 is 6.05. The van der Waals surface area contributed by atoms with Gasteiger partial charge in [0.1, 0.15) is 0 Å². The van der Waals surface area contributed by atoms with Crippen LogP contribution in [0, 0.1) is 0 Å². The van der Waals surface area contributed by atoms with Crippen molar-refractivity contribution < 1.29 is 33.0 Å². The maximum Gasteiger partial charge on any atom is 0.490 e. The Morgan fingerprint density at radius 3 is 2.44 bits per heavy atom. The zero-order valence-electron chi connectivity index (χ0n) is 14.7. The van der Waals surface area contributed by atoms with Gasteiger partial charge in [-0.2, -0.15) is 13.2 Å². The number of nitrogens with zero attached hydrogens (tertiary/aromatic N) is 1. The van der Waals surface area contributed by atoms with E-state index in [2.05, 4.69) is 17.1 Å². The first-order valence-corrected chi connectivity index (χ1v) is 8.65. The van der Waals surface area contributed by atoms with E-state index in [0.717, 1.165) is 43.7 Å². The molecule has 1 fully saturated rings. The van der Waals surface area contributed by atoms with Gasteiger partial charge in [-0.05, 0) is 29.7 Å². The van der Waals surface area contributed by atoms with Crippen LogP contribution in [0.4, 0.5) is 13.2 Å². The number of halogens is 4. The van der Waals surface area contributed by atoms with Crippen LogP contribution in [-0.2, 0) is 22.6 Å². The average Bonchev–Trinajstić information content (AvgIpc) is 2.57. The minimum atomic E-state index is -5.08. The van der Waals surface area contributed by atoms with E-state index in [-0.39, 0.29) is 6.42 Å². The van der Waals surface area contributed by atoms with Crippen LogP contribution in [0.25, 0.3) is 0 Å². The first-order chi connectivity index (χ1) is 12.5. The Bertz CT molecular complexity index is 656. The lowest BCUT2D eigenvalue weighted by Crippen LogP contribution is -2.49. The molecule has 1 aliphatic rings. The van der Waals surface area contributed by atoms with Crippen LogP contribution in [0.1, 0.15) is 24.5 Å². The van der Waals surface area contributed by atoms with Crippen molar-refractivity contribution in [2.75, 3.05) is 19.6 Å². The molecule has 1 saturated heterocycles. The highest BCUT2D eigenvalue weighted by atomic mass is 35.5. The van der Waals surface area contributed by atoms with Gasteiger partial charge in [-0.25, -0.2) is 4.79 Å². The third-order valence-corrected chi connectivity index (χ3v) is 4.21. The van der Waals surface area contributed by atoms with E-state index in [1.807, 2.05) is 12.1 Å². The number of carboxylic acid groups (broad SMARTS) is 2. The largest absolute Gasteiger partial charge is 0.490 e. The molecule has 1 atom stereocenters. The summed E-state index contributed by atoms with van der Waals surface area (Å²) in [5, 5.41) is 20.3. The van der Waals surface area contributed by atoms with Gasteiger partial charge in [-0.15, -0.1) is 0 Å². The maximum atomic E-state index is 10.9. The topological polar surface area (TPSA) is 89.9 Å². The standard InChI is InChI=1S/C15H21ClN2O2.C2HF3O2/c1-2-14-10-18(6-5-17-14)9-12-7-13(16)4-3-11(12)8-15(19)20;3-2(4,5)1(6)7/h3-4,7,14,17H,2,5-6,8-10H2,1H3,(H,19,20);(H,6,7)/t14-;/m0./s1.